The molecule has 1 aliphatic rings. The van der Waals surface area contributed by atoms with E-state index in [1.54, 1.807) is 19.2 Å². The highest BCUT2D eigenvalue weighted by Gasteiger charge is 2.22. The molecule has 0 fully saturated rings. The second-order valence-corrected chi connectivity index (χ2v) is 6.11. The molecule has 0 aromatic heterocycles. The number of rotatable bonds is 6. The number of carbonyl (C=O) groups is 1. The Morgan fingerprint density at radius 2 is 2.04 bits per heavy atom. The monoisotopic (exact) mass is 341 g/mol. The van der Waals surface area contributed by atoms with Gasteiger partial charge in [0.2, 0.25) is 0 Å². The van der Waals surface area contributed by atoms with Gasteiger partial charge in [0.1, 0.15) is 17.6 Å². The highest BCUT2D eigenvalue weighted by molar-refractivity contribution is 6.05. The van der Waals surface area contributed by atoms with Crippen LogP contribution < -0.4 is 14.8 Å². The first-order valence-electron chi connectivity index (χ1n) is 8.46. The molecule has 0 radical (unpaired) electrons. The first-order chi connectivity index (χ1) is 12.1. The van der Waals surface area contributed by atoms with Gasteiger partial charge in [-0.1, -0.05) is 12.1 Å². The number of ether oxygens (including phenoxy) is 3. The standard InChI is InChI=1S/C20H23NO4/c1-4-24-19-10-16-9-13(2)25-18(16)11-17(19)21-20(22)15-7-5-14(6-8-15)12-23-3/h5-8,10-11,13H,4,9,12H2,1-3H3,(H,21,22)/t13-/m0/s1. The van der Waals surface area contributed by atoms with Crippen LogP contribution in [0.1, 0.15) is 35.3 Å². The average molecular weight is 341 g/mol. The Labute approximate surface area is 147 Å². The third-order valence-corrected chi connectivity index (χ3v) is 4.07. The van der Waals surface area contributed by atoms with Crippen molar-refractivity contribution in [2.75, 3.05) is 19.0 Å². The molecule has 2 aromatic rings. The number of benzene rings is 2. The van der Waals surface area contributed by atoms with Gasteiger partial charge in [-0.3, -0.25) is 4.79 Å². The molecule has 5 heteroatoms. The van der Waals surface area contributed by atoms with E-state index in [1.807, 2.05) is 38.1 Å². The van der Waals surface area contributed by atoms with Crippen LogP contribution in [-0.4, -0.2) is 25.7 Å². The molecule has 2 aromatic carbocycles. The van der Waals surface area contributed by atoms with Crippen LogP contribution in [0.25, 0.3) is 0 Å². The van der Waals surface area contributed by atoms with Crippen molar-refractivity contribution < 1.29 is 19.0 Å². The number of amides is 1. The van der Waals surface area contributed by atoms with Gasteiger partial charge in [0.15, 0.2) is 0 Å². The Morgan fingerprint density at radius 3 is 2.72 bits per heavy atom. The largest absolute Gasteiger partial charge is 0.492 e. The van der Waals surface area contributed by atoms with Gasteiger partial charge in [-0.05, 0) is 37.6 Å². The van der Waals surface area contributed by atoms with Crippen LogP contribution >= 0.6 is 0 Å². The van der Waals surface area contributed by atoms with E-state index in [4.69, 9.17) is 14.2 Å². The molecule has 0 bridgehead atoms. The van der Waals surface area contributed by atoms with Crippen LogP contribution in [0, 0.1) is 0 Å². The van der Waals surface area contributed by atoms with E-state index in [2.05, 4.69) is 5.32 Å². The molecular formula is C20H23NO4. The zero-order chi connectivity index (χ0) is 17.8. The maximum atomic E-state index is 12.6. The molecule has 0 unspecified atom stereocenters. The molecule has 1 aliphatic heterocycles. The van der Waals surface area contributed by atoms with Crippen LogP contribution in [0.3, 0.4) is 0 Å². The molecule has 0 saturated heterocycles. The third kappa shape index (κ3) is 3.94. The van der Waals surface area contributed by atoms with Crippen molar-refractivity contribution in [2.45, 2.75) is 33.0 Å². The number of hydrogen-bond acceptors (Lipinski definition) is 4. The summed E-state index contributed by atoms with van der Waals surface area (Å²) in [7, 11) is 1.65. The lowest BCUT2D eigenvalue weighted by molar-refractivity contribution is 0.102. The maximum Gasteiger partial charge on any atom is 0.255 e. The average Bonchev–Trinajstić information content (AvgIpc) is 2.95. The van der Waals surface area contributed by atoms with Gasteiger partial charge in [0, 0.05) is 30.7 Å². The Hall–Kier alpha value is -2.53. The fourth-order valence-electron chi connectivity index (χ4n) is 2.93. The molecular weight excluding hydrogens is 318 g/mol. The predicted molar refractivity (Wildman–Crippen MR) is 96.5 cm³/mol. The lowest BCUT2D eigenvalue weighted by Crippen LogP contribution is -2.13. The Morgan fingerprint density at radius 1 is 1.28 bits per heavy atom. The van der Waals surface area contributed by atoms with E-state index in [-0.39, 0.29) is 12.0 Å². The van der Waals surface area contributed by atoms with Crippen LogP contribution in [0.4, 0.5) is 5.69 Å². The number of carbonyl (C=O) groups excluding carboxylic acids is 1. The molecule has 0 aliphatic carbocycles. The molecule has 5 nitrogen and oxygen atoms in total. The first-order valence-corrected chi connectivity index (χ1v) is 8.46. The van der Waals surface area contributed by atoms with Gasteiger partial charge in [0.25, 0.3) is 5.91 Å². The number of fused-ring (bicyclic) bond motifs is 1. The van der Waals surface area contributed by atoms with Gasteiger partial charge in [-0.25, -0.2) is 0 Å². The van der Waals surface area contributed by atoms with Crippen molar-refractivity contribution in [1.29, 1.82) is 0 Å². The van der Waals surface area contributed by atoms with E-state index in [0.717, 1.165) is 23.3 Å². The van der Waals surface area contributed by atoms with Gasteiger partial charge < -0.3 is 19.5 Å². The Bertz CT molecular complexity index is 755. The predicted octanol–water partition coefficient (Wildman–Crippen LogP) is 3.81. The summed E-state index contributed by atoms with van der Waals surface area (Å²) in [6, 6.07) is 11.2. The zero-order valence-corrected chi connectivity index (χ0v) is 14.8. The molecule has 0 spiro atoms. The molecule has 1 atom stereocenters. The summed E-state index contributed by atoms with van der Waals surface area (Å²) in [5.74, 6) is 1.29. The van der Waals surface area contributed by atoms with Crippen molar-refractivity contribution in [1.82, 2.24) is 0 Å². The zero-order valence-electron chi connectivity index (χ0n) is 14.8. The van der Waals surface area contributed by atoms with Crippen molar-refractivity contribution in [3.05, 3.63) is 53.1 Å². The minimum atomic E-state index is -0.184. The topological polar surface area (TPSA) is 56.8 Å². The lowest BCUT2D eigenvalue weighted by Gasteiger charge is -2.14. The van der Waals surface area contributed by atoms with Gasteiger partial charge >= 0.3 is 0 Å². The highest BCUT2D eigenvalue weighted by Crippen LogP contribution is 2.38. The van der Waals surface area contributed by atoms with E-state index in [9.17, 15) is 4.79 Å². The summed E-state index contributed by atoms with van der Waals surface area (Å²) >= 11 is 0. The van der Waals surface area contributed by atoms with Crippen LogP contribution in [0.15, 0.2) is 36.4 Å². The Balaban J connectivity index is 1.81. The summed E-state index contributed by atoms with van der Waals surface area (Å²) in [6.45, 7) is 5.01. The first kappa shape index (κ1) is 17.3. The van der Waals surface area contributed by atoms with Crippen molar-refractivity contribution in [3.8, 4) is 11.5 Å². The molecule has 1 amide bonds. The second-order valence-electron chi connectivity index (χ2n) is 6.11. The molecule has 3 rings (SSSR count). The molecule has 1 N–H and O–H groups in total. The molecule has 1 heterocycles. The van der Waals surface area contributed by atoms with Gasteiger partial charge in [0.05, 0.1) is 18.9 Å². The van der Waals surface area contributed by atoms with E-state index in [0.29, 0.717) is 30.2 Å². The second kappa shape index (κ2) is 7.57. The van der Waals surface area contributed by atoms with E-state index in [1.165, 1.54) is 0 Å². The minimum absolute atomic E-state index is 0.142. The van der Waals surface area contributed by atoms with Crippen molar-refractivity contribution >= 4 is 11.6 Å². The summed E-state index contributed by atoms with van der Waals surface area (Å²) in [5.41, 5.74) is 3.34. The fraction of sp³-hybridized carbons (Fsp3) is 0.350. The quantitative estimate of drug-likeness (QED) is 0.868. The summed E-state index contributed by atoms with van der Waals surface area (Å²) in [4.78, 5) is 12.6. The normalized spacial score (nSPS) is 15.4. The molecule has 0 saturated carbocycles. The summed E-state index contributed by atoms with van der Waals surface area (Å²) in [6.07, 6.45) is 0.994. The van der Waals surface area contributed by atoms with Crippen molar-refractivity contribution in [2.24, 2.45) is 0 Å². The van der Waals surface area contributed by atoms with Crippen LogP contribution in [0.2, 0.25) is 0 Å². The van der Waals surface area contributed by atoms with E-state index < -0.39 is 0 Å². The summed E-state index contributed by atoms with van der Waals surface area (Å²) < 4.78 is 16.6. The number of hydrogen-bond donors (Lipinski definition) is 1. The molecule has 25 heavy (non-hydrogen) atoms. The van der Waals surface area contributed by atoms with Crippen LogP contribution in [0.5, 0.6) is 11.5 Å². The number of anilines is 1. The number of nitrogens with one attached hydrogen (secondary N) is 1. The Kier molecular flexibility index (Phi) is 5.24. The fourth-order valence-corrected chi connectivity index (χ4v) is 2.93. The maximum absolute atomic E-state index is 12.6. The van der Waals surface area contributed by atoms with Gasteiger partial charge in [-0.15, -0.1) is 0 Å². The molecule has 132 valence electrons. The number of methoxy groups -OCH3 is 1. The third-order valence-electron chi connectivity index (χ3n) is 4.07. The SMILES string of the molecule is CCOc1cc2c(cc1NC(=O)c1ccc(COC)cc1)O[C@@H](C)C2. The van der Waals surface area contributed by atoms with Crippen LogP contribution in [-0.2, 0) is 17.8 Å². The minimum Gasteiger partial charge on any atom is -0.492 e. The van der Waals surface area contributed by atoms with E-state index >= 15 is 0 Å². The highest BCUT2D eigenvalue weighted by atomic mass is 16.5. The van der Waals surface area contributed by atoms with Crippen molar-refractivity contribution in [3.63, 3.8) is 0 Å². The van der Waals surface area contributed by atoms with Gasteiger partial charge in [-0.2, -0.15) is 0 Å². The smallest absolute Gasteiger partial charge is 0.255 e. The lowest BCUT2D eigenvalue weighted by atomic mass is 10.1. The summed E-state index contributed by atoms with van der Waals surface area (Å²) in [5, 5.41) is 2.93.